The van der Waals surface area contributed by atoms with E-state index in [0.717, 1.165) is 18.8 Å². The summed E-state index contributed by atoms with van der Waals surface area (Å²) in [6.07, 6.45) is 6.21. The van der Waals surface area contributed by atoms with Gasteiger partial charge in [-0.25, -0.2) is 9.97 Å². The summed E-state index contributed by atoms with van der Waals surface area (Å²) >= 11 is 0. The van der Waals surface area contributed by atoms with Crippen molar-refractivity contribution in [1.29, 1.82) is 0 Å². The molecule has 21 heavy (non-hydrogen) atoms. The van der Waals surface area contributed by atoms with Gasteiger partial charge in [-0.15, -0.1) is 0 Å². The number of methoxy groups -OCH3 is 1. The lowest BCUT2D eigenvalue weighted by atomic mass is 10.00. The molecule has 0 aromatic carbocycles. The van der Waals surface area contributed by atoms with E-state index in [1.54, 1.807) is 13.2 Å². The lowest BCUT2D eigenvalue weighted by molar-refractivity contribution is 0.0932. The molecule has 2 heterocycles. The highest BCUT2D eigenvalue weighted by atomic mass is 16.5. The second-order valence-corrected chi connectivity index (χ2v) is 5.26. The molecule has 1 aromatic heterocycles. The highest BCUT2D eigenvalue weighted by Crippen LogP contribution is 2.24. The molecule has 116 valence electrons. The Kier molecular flexibility index (Phi) is 5.92. The molecule has 1 aromatic rings. The van der Waals surface area contributed by atoms with Crippen molar-refractivity contribution < 1.29 is 9.53 Å². The monoisotopic (exact) mass is 292 g/mol. The zero-order valence-corrected chi connectivity index (χ0v) is 12.8. The van der Waals surface area contributed by atoms with Gasteiger partial charge >= 0.3 is 0 Å². The summed E-state index contributed by atoms with van der Waals surface area (Å²) in [7, 11) is 1.61. The molecule has 6 nitrogen and oxygen atoms in total. The second-order valence-electron chi connectivity index (χ2n) is 5.26. The summed E-state index contributed by atoms with van der Waals surface area (Å²) in [5, 5.41) is 2.78. The van der Waals surface area contributed by atoms with E-state index in [2.05, 4.69) is 27.1 Å². The van der Waals surface area contributed by atoms with E-state index in [1.165, 1.54) is 25.6 Å². The standard InChI is InChI=1S/C15H24N4O2/c1-3-12-6-4-5-8-19(12)14-10-13(17-11-18-14)15(20)16-7-9-21-2/h10-12H,3-9H2,1-2H3,(H,16,20). The topological polar surface area (TPSA) is 67.4 Å². The minimum absolute atomic E-state index is 0.180. The number of hydrogen-bond donors (Lipinski definition) is 1. The predicted molar refractivity (Wildman–Crippen MR) is 81.5 cm³/mol. The van der Waals surface area contributed by atoms with Gasteiger partial charge in [0.25, 0.3) is 5.91 Å². The first kappa shape index (κ1) is 15.7. The van der Waals surface area contributed by atoms with Crippen LogP contribution in [0.4, 0.5) is 5.82 Å². The fourth-order valence-corrected chi connectivity index (χ4v) is 2.71. The highest BCUT2D eigenvalue weighted by Gasteiger charge is 2.22. The molecule has 0 spiro atoms. The number of nitrogens with one attached hydrogen (secondary N) is 1. The summed E-state index contributed by atoms with van der Waals surface area (Å²) in [5.41, 5.74) is 0.413. The summed E-state index contributed by atoms with van der Waals surface area (Å²) < 4.78 is 4.92. The number of rotatable bonds is 6. The van der Waals surface area contributed by atoms with E-state index in [-0.39, 0.29) is 5.91 Å². The van der Waals surface area contributed by atoms with Gasteiger partial charge in [0.05, 0.1) is 6.61 Å². The van der Waals surface area contributed by atoms with Crippen LogP contribution in [0.1, 0.15) is 43.1 Å². The van der Waals surface area contributed by atoms with Crippen molar-refractivity contribution in [2.45, 2.75) is 38.6 Å². The first-order chi connectivity index (χ1) is 10.3. The summed E-state index contributed by atoms with van der Waals surface area (Å²) in [4.78, 5) is 22.8. The molecule has 0 bridgehead atoms. The van der Waals surface area contributed by atoms with Gasteiger partial charge in [0, 0.05) is 32.3 Å². The van der Waals surface area contributed by atoms with Gasteiger partial charge in [-0.05, 0) is 25.7 Å². The fraction of sp³-hybridized carbons (Fsp3) is 0.667. The quantitative estimate of drug-likeness (QED) is 0.807. The molecule has 1 unspecified atom stereocenters. The van der Waals surface area contributed by atoms with E-state index < -0.39 is 0 Å². The number of amides is 1. The molecule has 1 saturated heterocycles. The van der Waals surface area contributed by atoms with Gasteiger partial charge in [0.15, 0.2) is 0 Å². The lowest BCUT2D eigenvalue weighted by Gasteiger charge is -2.36. The minimum Gasteiger partial charge on any atom is -0.383 e. The minimum atomic E-state index is -0.180. The smallest absolute Gasteiger partial charge is 0.270 e. The van der Waals surface area contributed by atoms with Crippen molar-refractivity contribution in [3.05, 3.63) is 18.1 Å². The SMILES string of the molecule is CCC1CCCCN1c1cc(C(=O)NCCOC)ncn1. The van der Waals surface area contributed by atoms with E-state index in [9.17, 15) is 4.79 Å². The molecule has 1 aliphatic heterocycles. The van der Waals surface area contributed by atoms with Crippen LogP contribution in [0.25, 0.3) is 0 Å². The molecule has 1 aliphatic rings. The predicted octanol–water partition coefficient (Wildman–Crippen LogP) is 1.62. The molecule has 0 aliphatic carbocycles. The number of anilines is 1. The van der Waals surface area contributed by atoms with Crippen molar-refractivity contribution in [3.8, 4) is 0 Å². The summed E-state index contributed by atoms with van der Waals surface area (Å²) in [5.74, 6) is 0.675. The van der Waals surface area contributed by atoms with Gasteiger partial charge in [0.1, 0.15) is 17.8 Å². The maximum atomic E-state index is 12.0. The average Bonchev–Trinajstić information content (AvgIpc) is 2.55. The van der Waals surface area contributed by atoms with Gasteiger partial charge in [-0.3, -0.25) is 4.79 Å². The fourth-order valence-electron chi connectivity index (χ4n) is 2.71. The Morgan fingerprint density at radius 1 is 1.48 bits per heavy atom. The van der Waals surface area contributed by atoms with Crippen LogP contribution in [0.5, 0.6) is 0 Å². The molecule has 6 heteroatoms. The van der Waals surface area contributed by atoms with Crippen molar-refractivity contribution in [3.63, 3.8) is 0 Å². The Morgan fingerprint density at radius 3 is 3.10 bits per heavy atom. The average molecular weight is 292 g/mol. The normalized spacial score (nSPS) is 18.6. The molecule has 0 saturated carbocycles. The van der Waals surface area contributed by atoms with E-state index in [4.69, 9.17) is 4.74 Å². The maximum Gasteiger partial charge on any atom is 0.270 e. The first-order valence-corrected chi connectivity index (χ1v) is 7.62. The Labute approximate surface area is 125 Å². The number of hydrogen-bond acceptors (Lipinski definition) is 5. The Bertz CT molecular complexity index is 467. The van der Waals surface area contributed by atoms with E-state index in [0.29, 0.717) is 24.9 Å². The van der Waals surface area contributed by atoms with Gasteiger partial charge in [0.2, 0.25) is 0 Å². The zero-order chi connectivity index (χ0) is 15.1. The first-order valence-electron chi connectivity index (χ1n) is 7.62. The van der Waals surface area contributed by atoms with Gasteiger partial charge in [-0.2, -0.15) is 0 Å². The second kappa shape index (κ2) is 7.93. The molecular weight excluding hydrogens is 268 g/mol. The zero-order valence-electron chi connectivity index (χ0n) is 12.8. The molecule has 1 amide bonds. The number of piperidine rings is 1. The number of carbonyl (C=O) groups excluding carboxylic acids is 1. The van der Waals surface area contributed by atoms with Crippen molar-refractivity contribution in [2.24, 2.45) is 0 Å². The van der Waals surface area contributed by atoms with Crippen LogP contribution in [0, 0.1) is 0 Å². The third-order valence-electron chi connectivity index (χ3n) is 3.87. The van der Waals surface area contributed by atoms with Crippen molar-refractivity contribution >= 4 is 11.7 Å². The molecule has 1 fully saturated rings. The Balaban J connectivity index is 2.07. The Hall–Kier alpha value is -1.69. The van der Waals surface area contributed by atoms with Crippen LogP contribution in [0.15, 0.2) is 12.4 Å². The van der Waals surface area contributed by atoms with E-state index in [1.807, 2.05) is 0 Å². The molecule has 2 rings (SSSR count). The molecule has 1 N–H and O–H groups in total. The molecule has 1 atom stereocenters. The highest BCUT2D eigenvalue weighted by molar-refractivity contribution is 5.92. The maximum absolute atomic E-state index is 12.0. The summed E-state index contributed by atoms with van der Waals surface area (Å²) in [6, 6.07) is 2.30. The number of carbonyl (C=O) groups is 1. The summed E-state index contributed by atoms with van der Waals surface area (Å²) in [6.45, 7) is 4.17. The number of ether oxygens (including phenoxy) is 1. The molecule has 0 radical (unpaired) electrons. The van der Waals surface area contributed by atoms with Crippen molar-refractivity contribution in [2.75, 3.05) is 31.7 Å². The van der Waals surface area contributed by atoms with Gasteiger partial charge < -0.3 is 15.0 Å². The van der Waals surface area contributed by atoms with Crippen LogP contribution < -0.4 is 10.2 Å². The van der Waals surface area contributed by atoms with Gasteiger partial charge in [-0.1, -0.05) is 6.92 Å². The Morgan fingerprint density at radius 2 is 2.33 bits per heavy atom. The third-order valence-corrected chi connectivity index (χ3v) is 3.87. The largest absolute Gasteiger partial charge is 0.383 e. The number of aromatic nitrogens is 2. The molecular formula is C15H24N4O2. The third kappa shape index (κ3) is 4.14. The van der Waals surface area contributed by atoms with Crippen LogP contribution >= 0.6 is 0 Å². The van der Waals surface area contributed by atoms with Crippen LogP contribution in [0.2, 0.25) is 0 Å². The van der Waals surface area contributed by atoms with Crippen LogP contribution in [-0.4, -0.2) is 48.7 Å². The lowest BCUT2D eigenvalue weighted by Crippen LogP contribution is -2.40. The van der Waals surface area contributed by atoms with Crippen LogP contribution in [0.3, 0.4) is 0 Å². The van der Waals surface area contributed by atoms with Crippen molar-refractivity contribution in [1.82, 2.24) is 15.3 Å². The number of nitrogens with zero attached hydrogens (tertiary/aromatic N) is 3. The van der Waals surface area contributed by atoms with Crippen LogP contribution in [-0.2, 0) is 4.74 Å². The van der Waals surface area contributed by atoms with E-state index >= 15 is 0 Å².